The van der Waals surface area contributed by atoms with Crippen LogP contribution in [0.3, 0.4) is 0 Å². The Morgan fingerprint density at radius 2 is 2.20 bits per heavy atom. The normalized spacial score (nSPS) is 18.8. The molecule has 1 saturated heterocycles. The Morgan fingerprint density at radius 3 is 2.90 bits per heavy atom. The fourth-order valence-corrected chi connectivity index (χ4v) is 2.47. The highest BCUT2D eigenvalue weighted by molar-refractivity contribution is 6.35. The number of hydrogen-bond donors (Lipinski definition) is 1. The van der Waals surface area contributed by atoms with Gasteiger partial charge in [0.2, 0.25) is 0 Å². The predicted molar refractivity (Wildman–Crippen MR) is 78.4 cm³/mol. The van der Waals surface area contributed by atoms with Crippen LogP contribution in [0.5, 0.6) is 0 Å². The molecule has 2 rings (SSSR count). The summed E-state index contributed by atoms with van der Waals surface area (Å²) in [4.78, 5) is 11.8. The zero-order valence-corrected chi connectivity index (χ0v) is 12.5. The van der Waals surface area contributed by atoms with Crippen LogP contribution in [0.4, 0.5) is 0 Å². The van der Waals surface area contributed by atoms with E-state index in [0.29, 0.717) is 36.4 Å². The molecule has 110 valence electrons. The lowest BCUT2D eigenvalue weighted by atomic mass is 10.1. The molecule has 0 radical (unpaired) electrons. The minimum absolute atomic E-state index is 0.119. The zero-order valence-electron chi connectivity index (χ0n) is 11.0. The Bertz CT molecular complexity index is 462. The first-order valence-electron chi connectivity index (χ1n) is 6.58. The minimum atomic E-state index is -0.483. The van der Waals surface area contributed by atoms with Crippen molar-refractivity contribution >= 4 is 29.1 Å². The van der Waals surface area contributed by atoms with E-state index in [9.17, 15) is 4.79 Å². The van der Waals surface area contributed by atoms with Crippen LogP contribution in [-0.4, -0.2) is 38.4 Å². The van der Waals surface area contributed by atoms with E-state index in [1.165, 1.54) is 0 Å². The topological polar surface area (TPSA) is 47.6 Å². The average Bonchev–Trinajstić information content (AvgIpc) is 2.46. The molecule has 1 aliphatic heterocycles. The molecule has 1 aromatic rings. The molecule has 0 spiro atoms. The third-order valence-corrected chi connectivity index (χ3v) is 3.63. The molecule has 1 aliphatic rings. The minimum Gasteiger partial charge on any atom is -0.376 e. The SMILES string of the molecule is O=C(NCCCc1ccc(Cl)cc1Cl)[C@@H]1COCCO1. The number of halogens is 2. The van der Waals surface area contributed by atoms with Crippen LogP contribution in [0, 0.1) is 0 Å². The first kappa shape index (κ1) is 15.6. The Labute approximate surface area is 128 Å². The van der Waals surface area contributed by atoms with Crippen LogP contribution in [-0.2, 0) is 20.7 Å². The van der Waals surface area contributed by atoms with Gasteiger partial charge in [-0.3, -0.25) is 4.79 Å². The maximum atomic E-state index is 11.8. The summed E-state index contributed by atoms with van der Waals surface area (Å²) in [5, 5.41) is 4.13. The monoisotopic (exact) mass is 317 g/mol. The van der Waals surface area contributed by atoms with Gasteiger partial charge < -0.3 is 14.8 Å². The Balaban J connectivity index is 1.69. The van der Waals surface area contributed by atoms with Crippen molar-refractivity contribution in [3.8, 4) is 0 Å². The summed E-state index contributed by atoms with van der Waals surface area (Å²) in [6.07, 6.45) is 1.11. The number of aryl methyl sites for hydroxylation is 1. The van der Waals surface area contributed by atoms with E-state index in [-0.39, 0.29) is 5.91 Å². The van der Waals surface area contributed by atoms with Gasteiger partial charge in [-0.2, -0.15) is 0 Å². The summed E-state index contributed by atoms with van der Waals surface area (Å²) in [6, 6.07) is 5.45. The van der Waals surface area contributed by atoms with Gasteiger partial charge in [0.1, 0.15) is 0 Å². The second-order valence-corrected chi connectivity index (χ2v) is 5.41. The maximum Gasteiger partial charge on any atom is 0.251 e. The van der Waals surface area contributed by atoms with E-state index in [1.54, 1.807) is 6.07 Å². The second-order valence-electron chi connectivity index (χ2n) is 4.56. The summed E-state index contributed by atoms with van der Waals surface area (Å²) in [7, 11) is 0. The number of carbonyl (C=O) groups excluding carboxylic acids is 1. The molecule has 0 aromatic heterocycles. The van der Waals surface area contributed by atoms with Gasteiger partial charge in [0, 0.05) is 16.6 Å². The summed E-state index contributed by atoms with van der Waals surface area (Å²) in [5.41, 5.74) is 1.03. The number of hydrogen-bond acceptors (Lipinski definition) is 3. The van der Waals surface area contributed by atoms with Crippen molar-refractivity contribution in [1.29, 1.82) is 0 Å². The standard InChI is InChI=1S/C14H17Cl2NO3/c15-11-4-3-10(12(16)8-11)2-1-5-17-14(18)13-9-19-6-7-20-13/h3-4,8,13H,1-2,5-7,9H2,(H,17,18)/t13-/m0/s1. The lowest BCUT2D eigenvalue weighted by Crippen LogP contribution is -2.43. The molecule has 20 heavy (non-hydrogen) atoms. The van der Waals surface area contributed by atoms with Gasteiger partial charge in [0.05, 0.1) is 19.8 Å². The molecule has 1 heterocycles. The van der Waals surface area contributed by atoms with Gasteiger partial charge >= 0.3 is 0 Å². The maximum absolute atomic E-state index is 11.8. The number of amides is 1. The molecule has 0 unspecified atom stereocenters. The molecule has 0 saturated carbocycles. The van der Waals surface area contributed by atoms with Gasteiger partial charge in [-0.1, -0.05) is 29.3 Å². The highest BCUT2D eigenvalue weighted by Gasteiger charge is 2.21. The number of carbonyl (C=O) groups is 1. The Hall–Kier alpha value is -0.810. The summed E-state index contributed by atoms with van der Waals surface area (Å²) in [5.74, 6) is -0.119. The average molecular weight is 318 g/mol. The molecule has 1 fully saturated rings. The van der Waals surface area contributed by atoms with Gasteiger partial charge in [-0.15, -0.1) is 0 Å². The smallest absolute Gasteiger partial charge is 0.251 e. The van der Waals surface area contributed by atoms with E-state index in [4.69, 9.17) is 32.7 Å². The highest BCUT2D eigenvalue weighted by atomic mass is 35.5. The van der Waals surface area contributed by atoms with E-state index >= 15 is 0 Å². The van der Waals surface area contributed by atoms with E-state index in [0.717, 1.165) is 18.4 Å². The lowest BCUT2D eigenvalue weighted by molar-refractivity contribution is -0.147. The van der Waals surface area contributed by atoms with Crippen LogP contribution in [0.25, 0.3) is 0 Å². The quantitative estimate of drug-likeness (QED) is 0.849. The number of ether oxygens (including phenoxy) is 2. The van der Waals surface area contributed by atoms with Crippen LogP contribution in [0.1, 0.15) is 12.0 Å². The molecule has 4 nitrogen and oxygen atoms in total. The predicted octanol–water partition coefficient (Wildman–Crippen LogP) is 2.46. The first-order valence-corrected chi connectivity index (χ1v) is 7.33. The molecule has 1 amide bonds. The highest BCUT2D eigenvalue weighted by Crippen LogP contribution is 2.21. The number of benzene rings is 1. The molecule has 6 heteroatoms. The fourth-order valence-electron chi connectivity index (χ4n) is 1.97. The van der Waals surface area contributed by atoms with Crippen molar-refractivity contribution in [3.63, 3.8) is 0 Å². The molecule has 0 bridgehead atoms. The van der Waals surface area contributed by atoms with Gasteiger partial charge in [-0.25, -0.2) is 0 Å². The molecular formula is C14H17Cl2NO3. The Kier molecular flexibility index (Phi) is 6.10. The summed E-state index contributed by atoms with van der Waals surface area (Å²) in [6.45, 7) is 1.93. The second kappa shape index (κ2) is 7.84. The number of rotatable bonds is 5. The molecule has 1 atom stereocenters. The molecular weight excluding hydrogens is 301 g/mol. The van der Waals surface area contributed by atoms with Crippen LogP contribution < -0.4 is 5.32 Å². The van der Waals surface area contributed by atoms with Gasteiger partial charge in [-0.05, 0) is 30.5 Å². The Morgan fingerprint density at radius 1 is 1.35 bits per heavy atom. The third-order valence-electron chi connectivity index (χ3n) is 3.05. The molecule has 0 aliphatic carbocycles. The van der Waals surface area contributed by atoms with Crippen LogP contribution in [0.2, 0.25) is 10.0 Å². The zero-order chi connectivity index (χ0) is 14.4. The van der Waals surface area contributed by atoms with Crippen molar-refractivity contribution in [2.75, 3.05) is 26.4 Å². The van der Waals surface area contributed by atoms with Crippen molar-refractivity contribution in [1.82, 2.24) is 5.32 Å². The van der Waals surface area contributed by atoms with Crippen molar-refractivity contribution in [2.45, 2.75) is 18.9 Å². The summed E-state index contributed by atoms with van der Waals surface area (Å²) < 4.78 is 10.5. The largest absolute Gasteiger partial charge is 0.376 e. The van der Waals surface area contributed by atoms with E-state index in [1.807, 2.05) is 12.1 Å². The number of nitrogens with one attached hydrogen (secondary N) is 1. The lowest BCUT2D eigenvalue weighted by Gasteiger charge is -2.22. The first-order chi connectivity index (χ1) is 9.66. The van der Waals surface area contributed by atoms with Gasteiger partial charge in [0.25, 0.3) is 5.91 Å². The molecule has 1 aromatic carbocycles. The van der Waals surface area contributed by atoms with Gasteiger partial charge in [0.15, 0.2) is 6.10 Å². The van der Waals surface area contributed by atoms with Crippen LogP contribution in [0.15, 0.2) is 18.2 Å². The van der Waals surface area contributed by atoms with E-state index < -0.39 is 6.10 Å². The van der Waals surface area contributed by atoms with Crippen LogP contribution >= 0.6 is 23.2 Å². The fraction of sp³-hybridized carbons (Fsp3) is 0.500. The van der Waals surface area contributed by atoms with Crippen molar-refractivity contribution in [2.24, 2.45) is 0 Å². The van der Waals surface area contributed by atoms with Crippen molar-refractivity contribution in [3.05, 3.63) is 33.8 Å². The molecule has 1 N–H and O–H groups in total. The third kappa shape index (κ3) is 4.63. The summed E-state index contributed by atoms with van der Waals surface area (Å²) >= 11 is 11.9. The van der Waals surface area contributed by atoms with Crippen molar-refractivity contribution < 1.29 is 14.3 Å². The van der Waals surface area contributed by atoms with E-state index in [2.05, 4.69) is 5.32 Å².